The highest BCUT2D eigenvalue weighted by atomic mass is 35.5. The molecule has 0 aliphatic heterocycles. The number of nitrogens with zero attached hydrogens (tertiary/aromatic N) is 3. The molecule has 1 N–H and O–H groups in total. The molecule has 0 atom stereocenters. The van der Waals surface area contributed by atoms with E-state index in [1.807, 2.05) is 41.8 Å². The first kappa shape index (κ1) is 19.1. The number of fused-ring (bicyclic) bond motifs is 1. The van der Waals surface area contributed by atoms with Crippen LogP contribution in [0.25, 0.3) is 11.2 Å². The second-order valence-electron chi connectivity index (χ2n) is 6.33. The maximum atomic E-state index is 12.5. The van der Waals surface area contributed by atoms with Crippen molar-refractivity contribution in [2.45, 2.75) is 24.2 Å². The van der Waals surface area contributed by atoms with Gasteiger partial charge in [-0.1, -0.05) is 41.4 Å². The van der Waals surface area contributed by atoms with Gasteiger partial charge in [0, 0.05) is 6.20 Å². The SMILES string of the molecule is Cc1cccc(Cn2c(CNS(=O)(=O)c3ccc(Cl)s3)nc3cccnc32)c1. The average Bonchev–Trinajstić information content (AvgIpc) is 3.25. The van der Waals surface area contributed by atoms with Crippen LogP contribution in [0.15, 0.2) is 58.9 Å². The fourth-order valence-corrected chi connectivity index (χ4v) is 5.48. The number of rotatable bonds is 6. The molecule has 0 bridgehead atoms. The predicted octanol–water partition coefficient (Wildman–Crippen LogP) is 3.98. The third kappa shape index (κ3) is 3.95. The van der Waals surface area contributed by atoms with Gasteiger partial charge in [-0.25, -0.2) is 23.1 Å². The Labute approximate surface area is 171 Å². The van der Waals surface area contributed by atoms with Crippen LogP contribution in [0.4, 0.5) is 0 Å². The van der Waals surface area contributed by atoms with Gasteiger partial charge in [-0.15, -0.1) is 11.3 Å². The summed E-state index contributed by atoms with van der Waals surface area (Å²) in [4.78, 5) is 9.02. The fourth-order valence-electron chi connectivity index (χ4n) is 2.97. The number of sulfonamides is 1. The monoisotopic (exact) mass is 432 g/mol. The van der Waals surface area contributed by atoms with E-state index in [1.54, 1.807) is 12.3 Å². The van der Waals surface area contributed by atoms with Gasteiger partial charge in [0.25, 0.3) is 10.0 Å². The van der Waals surface area contributed by atoms with Gasteiger partial charge >= 0.3 is 0 Å². The van der Waals surface area contributed by atoms with Gasteiger partial charge in [0.2, 0.25) is 0 Å². The van der Waals surface area contributed by atoms with Crippen molar-refractivity contribution < 1.29 is 8.42 Å². The van der Waals surface area contributed by atoms with E-state index in [-0.39, 0.29) is 10.8 Å². The molecule has 0 aliphatic rings. The number of halogens is 1. The lowest BCUT2D eigenvalue weighted by Gasteiger charge is -2.10. The highest BCUT2D eigenvalue weighted by Crippen LogP contribution is 2.25. The molecule has 3 aromatic heterocycles. The molecular formula is C19H17ClN4O2S2. The molecule has 0 saturated heterocycles. The van der Waals surface area contributed by atoms with Gasteiger partial charge in [0.1, 0.15) is 15.6 Å². The van der Waals surface area contributed by atoms with E-state index in [0.29, 0.717) is 16.7 Å². The second kappa shape index (κ2) is 7.63. The highest BCUT2D eigenvalue weighted by Gasteiger charge is 2.19. The Morgan fingerprint density at radius 1 is 1.18 bits per heavy atom. The van der Waals surface area contributed by atoms with Crippen LogP contribution in [-0.4, -0.2) is 23.0 Å². The Morgan fingerprint density at radius 3 is 2.79 bits per heavy atom. The normalized spacial score (nSPS) is 11.9. The second-order valence-corrected chi connectivity index (χ2v) is 10.0. The van der Waals surface area contributed by atoms with Crippen molar-refractivity contribution in [3.05, 3.63) is 76.0 Å². The van der Waals surface area contributed by atoms with Crippen LogP contribution in [0.1, 0.15) is 17.0 Å². The zero-order chi connectivity index (χ0) is 19.7. The Balaban J connectivity index is 1.66. The zero-order valence-corrected chi connectivity index (χ0v) is 17.4. The van der Waals surface area contributed by atoms with E-state index in [4.69, 9.17) is 11.6 Å². The van der Waals surface area contributed by atoms with E-state index >= 15 is 0 Å². The van der Waals surface area contributed by atoms with Gasteiger partial charge in [0.05, 0.1) is 17.4 Å². The molecule has 0 spiro atoms. The summed E-state index contributed by atoms with van der Waals surface area (Å²) < 4.78 is 30.2. The van der Waals surface area contributed by atoms with Crippen molar-refractivity contribution in [1.29, 1.82) is 0 Å². The smallest absolute Gasteiger partial charge is 0.250 e. The van der Waals surface area contributed by atoms with Crippen molar-refractivity contribution in [1.82, 2.24) is 19.3 Å². The van der Waals surface area contributed by atoms with Gasteiger partial charge < -0.3 is 4.57 Å². The molecule has 9 heteroatoms. The lowest BCUT2D eigenvalue weighted by molar-refractivity contribution is 0.578. The van der Waals surface area contributed by atoms with Crippen LogP contribution in [0, 0.1) is 6.92 Å². The molecule has 1 aromatic carbocycles. The molecule has 3 heterocycles. The molecule has 4 aromatic rings. The van der Waals surface area contributed by atoms with Crippen molar-refractivity contribution in [3.8, 4) is 0 Å². The van der Waals surface area contributed by atoms with Crippen molar-refractivity contribution >= 4 is 44.1 Å². The molecule has 0 radical (unpaired) electrons. The maximum absolute atomic E-state index is 12.5. The number of pyridine rings is 1. The molecule has 0 fully saturated rings. The molecule has 4 rings (SSSR count). The van der Waals surface area contributed by atoms with Crippen LogP contribution in [0.2, 0.25) is 4.34 Å². The standard InChI is InChI=1S/C19H17ClN4O2S2/c1-13-4-2-5-14(10-13)12-24-17(23-15-6-3-9-21-19(15)24)11-22-28(25,26)18-8-7-16(20)27-18/h2-10,22H,11-12H2,1H3. The molecule has 0 unspecified atom stereocenters. The summed E-state index contributed by atoms with van der Waals surface area (Å²) in [6, 6.07) is 14.9. The largest absolute Gasteiger partial charge is 0.307 e. The van der Waals surface area contributed by atoms with Crippen molar-refractivity contribution in [2.24, 2.45) is 0 Å². The Hall–Kier alpha value is -2.26. The lowest BCUT2D eigenvalue weighted by Crippen LogP contribution is -2.24. The molecule has 0 amide bonds. The van der Waals surface area contributed by atoms with Crippen molar-refractivity contribution in [3.63, 3.8) is 0 Å². The number of hydrogen-bond acceptors (Lipinski definition) is 5. The summed E-state index contributed by atoms with van der Waals surface area (Å²) in [6.45, 7) is 2.64. The zero-order valence-electron chi connectivity index (χ0n) is 15.0. The fraction of sp³-hybridized carbons (Fsp3) is 0.158. The number of imidazole rings is 1. The van der Waals surface area contributed by atoms with Crippen LogP contribution < -0.4 is 4.72 Å². The summed E-state index contributed by atoms with van der Waals surface area (Å²) in [5.74, 6) is 0.599. The van der Waals surface area contributed by atoms with E-state index in [2.05, 4.69) is 20.8 Å². The van der Waals surface area contributed by atoms with Crippen LogP contribution in [0.3, 0.4) is 0 Å². The highest BCUT2D eigenvalue weighted by molar-refractivity contribution is 7.91. The lowest BCUT2D eigenvalue weighted by atomic mass is 10.1. The Bertz CT molecular complexity index is 1250. The number of aryl methyl sites for hydroxylation is 1. The van der Waals surface area contributed by atoms with Gasteiger partial charge in [0.15, 0.2) is 5.65 Å². The number of aromatic nitrogens is 3. The van der Waals surface area contributed by atoms with E-state index in [9.17, 15) is 8.42 Å². The first-order chi connectivity index (χ1) is 13.4. The molecule has 6 nitrogen and oxygen atoms in total. The van der Waals surface area contributed by atoms with E-state index in [1.165, 1.54) is 6.07 Å². The number of nitrogens with one attached hydrogen (secondary N) is 1. The van der Waals surface area contributed by atoms with Crippen LogP contribution >= 0.6 is 22.9 Å². The summed E-state index contributed by atoms with van der Waals surface area (Å²) in [5, 5.41) is 0. The summed E-state index contributed by atoms with van der Waals surface area (Å²) in [7, 11) is -3.66. The Kier molecular flexibility index (Phi) is 5.20. The van der Waals surface area contributed by atoms with E-state index in [0.717, 1.165) is 33.6 Å². The topological polar surface area (TPSA) is 76.9 Å². The Morgan fingerprint density at radius 2 is 2.04 bits per heavy atom. The quantitative estimate of drug-likeness (QED) is 0.500. The van der Waals surface area contributed by atoms with Crippen LogP contribution in [0.5, 0.6) is 0 Å². The predicted molar refractivity (Wildman–Crippen MR) is 111 cm³/mol. The van der Waals surface area contributed by atoms with Crippen molar-refractivity contribution in [2.75, 3.05) is 0 Å². The minimum atomic E-state index is -3.66. The molecule has 144 valence electrons. The summed E-state index contributed by atoms with van der Waals surface area (Å²) >= 11 is 6.89. The van der Waals surface area contributed by atoms with Gasteiger partial charge in [-0.2, -0.15) is 0 Å². The molecule has 28 heavy (non-hydrogen) atoms. The first-order valence-electron chi connectivity index (χ1n) is 8.53. The van der Waals surface area contributed by atoms with Gasteiger partial charge in [-0.3, -0.25) is 0 Å². The minimum Gasteiger partial charge on any atom is -0.307 e. The van der Waals surface area contributed by atoms with E-state index < -0.39 is 10.0 Å². The average molecular weight is 433 g/mol. The van der Waals surface area contributed by atoms with Crippen LogP contribution in [-0.2, 0) is 23.1 Å². The maximum Gasteiger partial charge on any atom is 0.250 e. The minimum absolute atomic E-state index is 0.0556. The first-order valence-corrected chi connectivity index (χ1v) is 11.2. The third-order valence-corrected chi connectivity index (χ3v) is 7.36. The molecule has 0 saturated carbocycles. The summed E-state index contributed by atoms with van der Waals surface area (Å²) in [6.07, 6.45) is 1.71. The molecular weight excluding hydrogens is 416 g/mol. The number of thiophene rings is 1. The van der Waals surface area contributed by atoms with Gasteiger partial charge in [-0.05, 0) is 36.8 Å². The summed E-state index contributed by atoms with van der Waals surface area (Å²) in [5.41, 5.74) is 3.70. The number of hydrogen-bond donors (Lipinski definition) is 1. The number of benzene rings is 1. The third-order valence-electron chi connectivity index (χ3n) is 4.24. The molecule has 0 aliphatic carbocycles.